The first-order valence-electron chi connectivity index (χ1n) is 5.67. The largest absolute Gasteiger partial charge is 0.481 e. The van der Waals surface area contributed by atoms with E-state index in [4.69, 9.17) is 5.11 Å². The maximum Gasteiger partial charge on any atom is 0.303 e. The fraction of sp³-hybridized carbons (Fsp3) is 0.800. The van der Waals surface area contributed by atoms with E-state index in [-0.39, 0.29) is 6.42 Å². The lowest BCUT2D eigenvalue weighted by molar-refractivity contribution is -0.137. The lowest BCUT2D eigenvalue weighted by Gasteiger charge is -2.24. The average molecular weight is 241 g/mol. The Hall–Kier alpha value is -1.50. The van der Waals surface area contributed by atoms with Crippen LogP contribution in [0.2, 0.25) is 0 Å². The number of carboxylic acids is 1. The highest BCUT2D eigenvalue weighted by Crippen LogP contribution is 2.05. The Kier molecular flexibility index (Phi) is 5.02. The van der Waals surface area contributed by atoms with Crippen molar-refractivity contribution in [2.75, 3.05) is 6.54 Å². The quantitative estimate of drug-likeness (QED) is 0.738. The van der Waals surface area contributed by atoms with Gasteiger partial charge >= 0.3 is 5.97 Å². The second kappa shape index (κ2) is 6.29. The molecule has 0 radical (unpaired) electrons. The highest BCUT2D eigenvalue weighted by Gasteiger charge is 2.13. The molecule has 0 saturated heterocycles. The van der Waals surface area contributed by atoms with E-state index in [0.29, 0.717) is 24.8 Å². The van der Waals surface area contributed by atoms with Crippen molar-refractivity contribution >= 4 is 5.97 Å². The van der Waals surface area contributed by atoms with Crippen LogP contribution in [0.5, 0.6) is 0 Å². The van der Waals surface area contributed by atoms with Crippen LogP contribution in [0.15, 0.2) is 0 Å². The topological polar surface area (TPSA) is 84.1 Å². The Bertz CT molecular complexity index is 363. The standard InChI is InChI=1S/C10H19N5O2/c1-8(2)15(6-4-5-10(16)17)7-9-11-13-14(3)12-9/h8H,4-7H2,1-3H3,(H,16,17). The van der Waals surface area contributed by atoms with Gasteiger partial charge in [0.1, 0.15) is 0 Å². The molecule has 1 heterocycles. The Morgan fingerprint density at radius 3 is 2.71 bits per heavy atom. The summed E-state index contributed by atoms with van der Waals surface area (Å²) in [4.78, 5) is 14.0. The van der Waals surface area contributed by atoms with Gasteiger partial charge in [0.15, 0.2) is 5.82 Å². The zero-order chi connectivity index (χ0) is 12.8. The summed E-state index contributed by atoms with van der Waals surface area (Å²) in [7, 11) is 1.72. The van der Waals surface area contributed by atoms with Gasteiger partial charge in [-0.15, -0.1) is 10.2 Å². The third-order valence-electron chi connectivity index (χ3n) is 2.46. The number of aryl methyl sites for hydroxylation is 1. The number of rotatable bonds is 7. The van der Waals surface area contributed by atoms with Crippen LogP contribution in [-0.4, -0.2) is 48.8 Å². The fourth-order valence-corrected chi connectivity index (χ4v) is 1.52. The van der Waals surface area contributed by atoms with Gasteiger partial charge in [-0.05, 0) is 32.0 Å². The number of aromatic nitrogens is 4. The minimum atomic E-state index is -0.758. The lowest BCUT2D eigenvalue weighted by atomic mass is 10.2. The molecule has 1 aromatic heterocycles. The molecule has 0 atom stereocenters. The molecule has 0 unspecified atom stereocenters. The second-order valence-corrected chi connectivity index (χ2v) is 4.26. The number of carboxylic acid groups (broad SMARTS) is 1. The summed E-state index contributed by atoms with van der Waals surface area (Å²) in [6.07, 6.45) is 0.824. The van der Waals surface area contributed by atoms with Crippen molar-refractivity contribution < 1.29 is 9.90 Å². The van der Waals surface area contributed by atoms with E-state index in [1.807, 2.05) is 0 Å². The third-order valence-corrected chi connectivity index (χ3v) is 2.46. The normalized spacial score (nSPS) is 11.4. The molecule has 1 N–H and O–H groups in total. The molecule has 0 amide bonds. The van der Waals surface area contributed by atoms with E-state index < -0.39 is 5.97 Å². The predicted molar refractivity (Wildman–Crippen MR) is 61.2 cm³/mol. The monoisotopic (exact) mass is 241 g/mol. The minimum absolute atomic E-state index is 0.192. The molecular formula is C10H19N5O2. The van der Waals surface area contributed by atoms with E-state index in [1.165, 1.54) is 4.80 Å². The predicted octanol–water partition coefficient (Wildman–Crippen LogP) is 0.285. The van der Waals surface area contributed by atoms with Crippen molar-refractivity contribution in [3.05, 3.63) is 5.82 Å². The summed E-state index contributed by atoms with van der Waals surface area (Å²) in [6, 6.07) is 0.326. The van der Waals surface area contributed by atoms with E-state index in [1.54, 1.807) is 7.05 Å². The highest BCUT2D eigenvalue weighted by atomic mass is 16.4. The van der Waals surface area contributed by atoms with E-state index in [9.17, 15) is 4.79 Å². The Balaban J connectivity index is 2.46. The van der Waals surface area contributed by atoms with E-state index in [2.05, 4.69) is 34.2 Å². The van der Waals surface area contributed by atoms with Crippen molar-refractivity contribution in [2.45, 2.75) is 39.3 Å². The average Bonchev–Trinajstić information content (AvgIpc) is 2.62. The first kappa shape index (κ1) is 13.6. The molecule has 7 nitrogen and oxygen atoms in total. The summed E-state index contributed by atoms with van der Waals surface area (Å²) in [5.41, 5.74) is 0. The lowest BCUT2D eigenvalue weighted by Crippen LogP contribution is -2.32. The van der Waals surface area contributed by atoms with Gasteiger partial charge in [-0.3, -0.25) is 9.69 Å². The molecule has 0 saturated carbocycles. The van der Waals surface area contributed by atoms with Gasteiger partial charge in [-0.25, -0.2) is 0 Å². The van der Waals surface area contributed by atoms with Crippen molar-refractivity contribution in [3.63, 3.8) is 0 Å². The first-order valence-corrected chi connectivity index (χ1v) is 5.67. The van der Waals surface area contributed by atoms with Gasteiger partial charge in [0.25, 0.3) is 0 Å². The Labute approximate surface area is 100 Å². The molecule has 1 aromatic rings. The molecule has 1 rings (SSSR count). The zero-order valence-electron chi connectivity index (χ0n) is 10.5. The smallest absolute Gasteiger partial charge is 0.303 e. The second-order valence-electron chi connectivity index (χ2n) is 4.26. The van der Waals surface area contributed by atoms with Gasteiger partial charge in [0.2, 0.25) is 0 Å². The summed E-state index contributed by atoms with van der Waals surface area (Å²) in [5, 5.41) is 20.4. The van der Waals surface area contributed by atoms with Crippen LogP contribution in [0.4, 0.5) is 0 Å². The van der Waals surface area contributed by atoms with Crippen LogP contribution in [0.1, 0.15) is 32.5 Å². The maximum atomic E-state index is 10.5. The SMILES string of the molecule is CC(C)N(CCCC(=O)O)Cc1nnn(C)n1. The number of nitrogens with zero attached hydrogens (tertiary/aromatic N) is 5. The van der Waals surface area contributed by atoms with Gasteiger partial charge < -0.3 is 5.11 Å². The Morgan fingerprint density at radius 2 is 2.24 bits per heavy atom. The Morgan fingerprint density at radius 1 is 1.53 bits per heavy atom. The molecule has 0 fully saturated rings. The number of hydrogen-bond acceptors (Lipinski definition) is 5. The van der Waals surface area contributed by atoms with E-state index >= 15 is 0 Å². The van der Waals surface area contributed by atoms with Crippen molar-refractivity contribution in [1.82, 2.24) is 25.1 Å². The van der Waals surface area contributed by atoms with Crippen LogP contribution in [0.25, 0.3) is 0 Å². The molecule has 0 aliphatic rings. The van der Waals surface area contributed by atoms with Crippen LogP contribution in [-0.2, 0) is 18.4 Å². The third kappa shape index (κ3) is 4.90. The molecule has 0 aliphatic carbocycles. The first-order chi connectivity index (χ1) is 7.99. The number of hydrogen-bond donors (Lipinski definition) is 1. The molecule has 0 aliphatic heterocycles. The number of aliphatic carboxylic acids is 1. The number of tetrazole rings is 1. The van der Waals surface area contributed by atoms with Crippen molar-refractivity contribution in [1.29, 1.82) is 0 Å². The fourth-order valence-electron chi connectivity index (χ4n) is 1.52. The summed E-state index contributed by atoms with van der Waals surface area (Å²) in [6.45, 7) is 5.46. The zero-order valence-corrected chi connectivity index (χ0v) is 10.5. The van der Waals surface area contributed by atoms with Crippen LogP contribution < -0.4 is 0 Å². The van der Waals surface area contributed by atoms with Crippen LogP contribution in [0.3, 0.4) is 0 Å². The minimum Gasteiger partial charge on any atom is -0.481 e. The van der Waals surface area contributed by atoms with Crippen molar-refractivity contribution in [3.8, 4) is 0 Å². The molecule has 0 bridgehead atoms. The number of carbonyl (C=O) groups is 1. The molecule has 0 aromatic carbocycles. The molecular weight excluding hydrogens is 222 g/mol. The molecule has 7 heteroatoms. The maximum absolute atomic E-state index is 10.5. The van der Waals surface area contributed by atoms with Crippen LogP contribution >= 0.6 is 0 Å². The summed E-state index contributed by atoms with van der Waals surface area (Å²) >= 11 is 0. The van der Waals surface area contributed by atoms with E-state index in [0.717, 1.165) is 6.54 Å². The van der Waals surface area contributed by atoms with Gasteiger partial charge in [0, 0.05) is 12.5 Å². The molecule has 96 valence electrons. The summed E-state index contributed by atoms with van der Waals surface area (Å²) in [5.74, 6) is -0.0946. The van der Waals surface area contributed by atoms with Crippen LogP contribution in [0, 0.1) is 0 Å². The van der Waals surface area contributed by atoms with Gasteiger partial charge in [-0.1, -0.05) is 0 Å². The highest BCUT2D eigenvalue weighted by molar-refractivity contribution is 5.66. The van der Waals surface area contributed by atoms with Gasteiger partial charge in [0.05, 0.1) is 13.6 Å². The molecule has 17 heavy (non-hydrogen) atoms. The van der Waals surface area contributed by atoms with Gasteiger partial charge in [-0.2, -0.15) is 4.80 Å². The molecule has 0 spiro atoms. The summed E-state index contributed by atoms with van der Waals surface area (Å²) < 4.78 is 0. The van der Waals surface area contributed by atoms with Crippen molar-refractivity contribution in [2.24, 2.45) is 7.05 Å².